The smallest absolute Gasteiger partial charge is 0.243 e. The lowest BCUT2D eigenvalue weighted by atomic mass is 10.0. The Kier molecular flexibility index (Phi) is 11.7. The van der Waals surface area contributed by atoms with E-state index in [9.17, 15) is 22.4 Å². The van der Waals surface area contributed by atoms with Gasteiger partial charge in [-0.2, -0.15) is 0 Å². The fourth-order valence-corrected chi connectivity index (χ4v) is 5.85. The molecule has 0 aliphatic heterocycles. The van der Waals surface area contributed by atoms with Crippen molar-refractivity contribution in [1.29, 1.82) is 0 Å². The number of carbonyl (C=O) groups excluding carboxylic acids is 2. The molecule has 0 saturated heterocycles. The highest BCUT2D eigenvalue weighted by atomic mass is 32.2. The molecular weight excluding hydrogens is 553 g/mol. The first-order valence-electron chi connectivity index (χ1n) is 14.3. The van der Waals surface area contributed by atoms with Gasteiger partial charge >= 0.3 is 0 Å². The van der Waals surface area contributed by atoms with Crippen LogP contribution in [0.25, 0.3) is 0 Å². The molecule has 42 heavy (non-hydrogen) atoms. The second kappa shape index (κ2) is 15.0. The van der Waals surface area contributed by atoms with Crippen LogP contribution in [0.3, 0.4) is 0 Å². The lowest BCUT2D eigenvalue weighted by molar-refractivity contribution is -0.141. The summed E-state index contributed by atoms with van der Waals surface area (Å²) in [4.78, 5) is 28.9. The average molecular weight is 596 g/mol. The fraction of sp³-hybridized carbons (Fsp3) is 0.394. The van der Waals surface area contributed by atoms with Crippen molar-refractivity contribution in [2.24, 2.45) is 0 Å². The zero-order chi connectivity index (χ0) is 30.9. The number of hydrogen-bond donors (Lipinski definition) is 1. The van der Waals surface area contributed by atoms with E-state index in [0.29, 0.717) is 17.7 Å². The highest BCUT2D eigenvalue weighted by Crippen LogP contribution is 2.23. The van der Waals surface area contributed by atoms with Gasteiger partial charge in [0, 0.05) is 37.5 Å². The number of hydrogen-bond acceptors (Lipinski definition) is 4. The van der Waals surface area contributed by atoms with Gasteiger partial charge in [-0.25, -0.2) is 12.8 Å². The van der Waals surface area contributed by atoms with Crippen molar-refractivity contribution >= 4 is 27.5 Å². The second-order valence-electron chi connectivity index (χ2n) is 10.9. The van der Waals surface area contributed by atoms with E-state index in [2.05, 4.69) is 5.32 Å². The van der Waals surface area contributed by atoms with E-state index in [1.165, 1.54) is 15.3 Å². The Bertz CT molecular complexity index is 1440. The Labute approximate surface area is 249 Å². The Morgan fingerprint density at radius 2 is 1.57 bits per heavy atom. The van der Waals surface area contributed by atoms with E-state index < -0.39 is 21.9 Å². The number of nitrogens with zero attached hydrogens (tertiary/aromatic N) is 2. The SMILES string of the molecule is CC[C@H](C)NC(=O)[C@H](Cc1ccccc1)N(Cc1ccccc1F)C(=O)CCCN(c1cc(C)cc(C)c1)S(C)(=O)=O. The number of nitrogens with one attached hydrogen (secondary N) is 1. The molecule has 9 heteroatoms. The third-order valence-electron chi connectivity index (χ3n) is 7.22. The van der Waals surface area contributed by atoms with Crippen molar-refractivity contribution in [1.82, 2.24) is 10.2 Å². The number of halogens is 1. The monoisotopic (exact) mass is 595 g/mol. The van der Waals surface area contributed by atoms with Crippen molar-refractivity contribution in [2.75, 3.05) is 17.1 Å². The highest BCUT2D eigenvalue weighted by molar-refractivity contribution is 7.92. The molecule has 0 bridgehead atoms. The number of rotatable bonds is 14. The van der Waals surface area contributed by atoms with Gasteiger partial charge in [0.05, 0.1) is 11.9 Å². The normalized spacial score (nSPS) is 12.8. The summed E-state index contributed by atoms with van der Waals surface area (Å²) in [5.74, 6) is -1.13. The molecule has 3 rings (SSSR count). The molecule has 0 aliphatic rings. The van der Waals surface area contributed by atoms with Crippen molar-refractivity contribution in [2.45, 2.75) is 72.0 Å². The van der Waals surface area contributed by atoms with E-state index in [4.69, 9.17) is 0 Å². The van der Waals surface area contributed by atoms with Gasteiger partial charge < -0.3 is 10.2 Å². The molecule has 0 heterocycles. The zero-order valence-corrected chi connectivity index (χ0v) is 26.0. The van der Waals surface area contributed by atoms with E-state index in [0.717, 1.165) is 22.9 Å². The molecular formula is C33H42FN3O4S. The van der Waals surface area contributed by atoms with Crippen LogP contribution in [0.1, 0.15) is 55.4 Å². The van der Waals surface area contributed by atoms with Gasteiger partial charge in [0.1, 0.15) is 11.9 Å². The number of anilines is 1. The van der Waals surface area contributed by atoms with Gasteiger partial charge in [-0.1, -0.05) is 61.5 Å². The van der Waals surface area contributed by atoms with Crippen LogP contribution in [-0.2, 0) is 32.6 Å². The van der Waals surface area contributed by atoms with Gasteiger partial charge in [0.25, 0.3) is 0 Å². The molecule has 2 amide bonds. The summed E-state index contributed by atoms with van der Waals surface area (Å²) in [6.07, 6.45) is 2.31. The minimum Gasteiger partial charge on any atom is -0.352 e. The molecule has 0 unspecified atom stereocenters. The van der Waals surface area contributed by atoms with Crippen LogP contribution in [0.5, 0.6) is 0 Å². The zero-order valence-electron chi connectivity index (χ0n) is 25.1. The summed E-state index contributed by atoms with van der Waals surface area (Å²) in [7, 11) is -3.62. The summed E-state index contributed by atoms with van der Waals surface area (Å²) >= 11 is 0. The second-order valence-corrected chi connectivity index (χ2v) is 12.8. The van der Waals surface area contributed by atoms with Crippen LogP contribution in [0.4, 0.5) is 10.1 Å². The van der Waals surface area contributed by atoms with Crippen LogP contribution >= 0.6 is 0 Å². The van der Waals surface area contributed by atoms with Gasteiger partial charge in [-0.3, -0.25) is 13.9 Å². The van der Waals surface area contributed by atoms with E-state index in [1.807, 2.05) is 64.1 Å². The fourth-order valence-electron chi connectivity index (χ4n) is 4.90. The summed E-state index contributed by atoms with van der Waals surface area (Å²) in [5, 5.41) is 3.00. The first-order valence-corrected chi connectivity index (χ1v) is 16.2. The molecule has 0 radical (unpaired) electrons. The maximum absolute atomic E-state index is 14.8. The third-order valence-corrected chi connectivity index (χ3v) is 8.41. The maximum Gasteiger partial charge on any atom is 0.243 e. The van der Waals surface area contributed by atoms with Gasteiger partial charge in [0.15, 0.2) is 0 Å². The van der Waals surface area contributed by atoms with Crippen molar-refractivity contribution in [3.63, 3.8) is 0 Å². The van der Waals surface area contributed by atoms with Crippen molar-refractivity contribution < 1.29 is 22.4 Å². The number of amides is 2. The lowest BCUT2D eigenvalue weighted by Crippen LogP contribution is -2.52. The van der Waals surface area contributed by atoms with Crippen LogP contribution in [0.2, 0.25) is 0 Å². The molecule has 0 saturated carbocycles. The van der Waals surface area contributed by atoms with E-state index in [1.54, 1.807) is 30.3 Å². The average Bonchev–Trinajstić information content (AvgIpc) is 2.93. The number of benzene rings is 3. The summed E-state index contributed by atoms with van der Waals surface area (Å²) in [6.45, 7) is 7.65. The molecule has 3 aromatic rings. The molecule has 226 valence electrons. The van der Waals surface area contributed by atoms with Crippen LogP contribution in [0.15, 0.2) is 72.8 Å². The number of aryl methyl sites for hydroxylation is 2. The molecule has 2 atom stereocenters. The lowest BCUT2D eigenvalue weighted by Gasteiger charge is -2.33. The molecule has 0 aromatic heterocycles. The standard InChI is InChI=1S/C33H42FN3O4S/c1-6-26(4)35-33(39)31(22-27-13-8-7-9-14-27)36(23-28-15-10-11-16-30(28)34)32(38)17-12-18-37(42(5,40)41)29-20-24(2)19-25(3)21-29/h7-11,13-16,19-21,26,31H,6,12,17-18,22-23H2,1-5H3,(H,35,39)/t26-,31-/m0/s1. The number of carbonyl (C=O) groups is 2. The van der Waals surface area contributed by atoms with Crippen molar-refractivity contribution in [3.05, 3.63) is 101 Å². The minimum atomic E-state index is -3.62. The summed E-state index contributed by atoms with van der Waals surface area (Å²) in [6, 6.07) is 20.2. The van der Waals surface area contributed by atoms with Gasteiger partial charge in [0.2, 0.25) is 21.8 Å². The predicted molar refractivity (Wildman–Crippen MR) is 166 cm³/mol. The summed E-state index contributed by atoms with van der Waals surface area (Å²) in [5.41, 5.74) is 3.57. The minimum absolute atomic E-state index is 0.0207. The predicted octanol–water partition coefficient (Wildman–Crippen LogP) is 5.54. The van der Waals surface area contributed by atoms with Gasteiger partial charge in [-0.05, 0) is 68.5 Å². The van der Waals surface area contributed by atoms with Crippen molar-refractivity contribution in [3.8, 4) is 0 Å². The first-order chi connectivity index (χ1) is 19.9. The van der Waals surface area contributed by atoms with Crippen LogP contribution < -0.4 is 9.62 Å². The van der Waals surface area contributed by atoms with Crippen LogP contribution in [-0.4, -0.2) is 50.0 Å². The first kappa shape index (κ1) is 32.8. The quantitative estimate of drug-likeness (QED) is 0.265. The molecule has 3 aromatic carbocycles. The largest absolute Gasteiger partial charge is 0.352 e. The Hall–Kier alpha value is -3.72. The molecule has 7 nitrogen and oxygen atoms in total. The Morgan fingerprint density at radius 1 is 0.952 bits per heavy atom. The topological polar surface area (TPSA) is 86.8 Å². The summed E-state index contributed by atoms with van der Waals surface area (Å²) < 4.78 is 41.5. The third kappa shape index (κ3) is 9.41. The van der Waals surface area contributed by atoms with Crippen LogP contribution in [0, 0.1) is 19.7 Å². The maximum atomic E-state index is 14.8. The van der Waals surface area contributed by atoms with E-state index >= 15 is 0 Å². The Balaban J connectivity index is 1.91. The molecule has 0 spiro atoms. The van der Waals surface area contributed by atoms with Gasteiger partial charge in [-0.15, -0.1) is 0 Å². The van der Waals surface area contributed by atoms with E-state index in [-0.39, 0.29) is 50.2 Å². The molecule has 0 fully saturated rings. The number of sulfonamides is 1. The Morgan fingerprint density at radius 3 is 2.17 bits per heavy atom. The molecule has 0 aliphatic carbocycles. The highest BCUT2D eigenvalue weighted by Gasteiger charge is 2.31. The molecule has 1 N–H and O–H groups in total.